The van der Waals surface area contributed by atoms with Crippen LogP contribution in [0, 0.1) is 26.1 Å². The maximum absolute atomic E-state index is 12.5. The molecule has 0 radical (unpaired) electrons. The van der Waals surface area contributed by atoms with E-state index in [1.807, 2.05) is 6.92 Å². The Morgan fingerprint density at radius 3 is 2.72 bits per heavy atom. The van der Waals surface area contributed by atoms with Crippen LogP contribution in [0.2, 0.25) is 0 Å². The van der Waals surface area contributed by atoms with Crippen molar-refractivity contribution in [1.29, 1.82) is 0 Å². The molecule has 0 N–H and O–H groups in total. The quantitative estimate of drug-likeness (QED) is 0.514. The highest BCUT2D eigenvalue weighted by Crippen LogP contribution is 2.23. The number of hydrazone groups is 1. The number of hydrogen-bond acceptors (Lipinski definition) is 7. The SMILES string of the molecule is CC1CC(CN2CCN(C(=O)OCc3ccccc3[N+](=O)[O-])C2=N[N+](=O)[O-])CO1. The smallest absolute Gasteiger partial charge is 0.417 e. The van der Waals surface area contributed by atoms with Crippen LogP contribution < -0.4 is 0 Å². The number of carbonyl (C=O) groups excluding carboxylic acids is 1. The first-order valence-electron chi connectivity index (χ1n) is 9.11. The zero-order valence-electron chi connectivity index (χ0n) is 15.8. The van der Waals surface area contributed by atoms with Crippen LogP contribution in [0.4, 0.5) is 10.5 Å². The molecule has 2 aliphatic rings. The molecule has 1 aromatic rings. The highest BCUT2D eigenvalue weighted by molar-refractivity contribution is 5.95. The van der Waals surface area contributed by atoms with Crippen LogP contribution in [0.5, 0.6) is 0 Å². The summed E-state index contributed by atoms with van der Waals surface area (Å²) in [7, 11) is 0. The first-order chi connectivity index (χ1) is 13.8. The fourth-order valence-electron chi connectivity index (χ4n) is 3.50. The van der Waals surface area contributed by atoms with E-state index in [0.29, 0.717) is 19.7 Å². The number of nitrogens with zero attached hydrogens (tertiary/aromatic N) is 5. The molecule has 0 bridgehead atoms. The van der Waals surface area contributed by atoms with Crippen LogP contribution in [0.1, 0.15) is 18.9 Å². The number of para-hydroxylation sites is 1. The van der Waals surface area contributed by atoms with Crippen LogP contribution in [-0.4, -0.2) is 64.2 Å². The summed E-state index contributed by atoms with van der Waals surface area (Å²) in [6, 6.07) is 5.90. The molecule has 0 aliphatic carbocycles. The third-order valence-corrected chi connectivity index (χ3v) is 4.81. The van der Waals surface area contributed by atoms with Crippen LogP contribution in [0.3, 0.4) is 0 Å². The summed E-state index contributed by atoms with van der Waals surface area (Å²) in [5, 5.41) is 24.5. The van der Waals surface area contributed by atoms with Crippen molar-refractivity contribution in [2.24, 2.45) is 11.0 Å². The van der Waals surface area contributed by atoms with E-state index < -0.39 is 16.0 Å². The standard InChI is InChI=1S/C17H21N5O7/c1-12-8-13(10-28-12)9-19-6-7-20(16(19)18-22(26)27)17(23)29-11-14-4-2-3-5-15(14)21(24)25/h2-5,12-13H,6-11H2,1H3. The number of nitro benzene ring substituents is 1. The summed E-state index contributed by atoms with van der Waals surface area (Å²) in [5.74, 6) is 0.0898. The lowest BCUT2D eigenvalue weighted by Crippen LogP contribution is -2.40. The molecule has 12 nitrogen and oxygen atoms in total. The monoisotopic (exact) mass is 407 g/mol. The number of carbonyl (C=O) groups is 1. The molecule has 1 amide bonds. The van der Waals surface area contributed by atoms with E-state index in [4.69, 9.17) is 9.47 Å². The summed E-state index contributed by atoms with van der Waals surface area (Å²) in [6.45, 7) is 3.20. The van der Waals surface area contributed by atoms with Crippen molar-refractivity contribution in [3.05, 3.63) is 50.1 Å². The van der Waals surface area contributed by atoms with Crippen molar-refractivity contribution in [3.63, 3.8) is 0 Å². The van der Waals surface area contributed by atoms with Crippen LogP contribution >= 0.6 is 0 Å². The maximum atomic E-state index is 12.5. The predicted molar refractivity (Wildman–Crippen MR) is 99.5 cm³/mol. The molecule has 156 valence electrons. The molecule has 1 aromatic carbocycles. The zero-order chi connectivity index (χ0) is 21.0. The Bertz CT molecular complexity index is 830. The van der Waals surface area contributed by atoms with E-state index in [1.165, 1.54) is 18.2 Å². The third kappa shape index (κ3) is 4.96. The Morgan fingerprint density at radius 1 is 1.31 bits per heavy atom. The van der Waals surface area contributed by atoms with Gasteiger partial charge in [-0.2, -0.15) is 0 Å². The molecule has 12 heteroatoms. The lowest BCUT2D eigenvalue weighted by Gasteiger charge is -2.21. The molecule has 2 aliphatic heterocycles. The molecule has 3 rings (SSSR count). The molecule has 0 spiro atoms. The number of hydrogen-bond donors (Lipinski definition) is 0. The van der Waals surface area contributed by atoms with Gasteiger partial charge in [-0.05, 0) is 19.4 Å². The number of benzene rings is 1. The van der Waals surface area contributed by atoms with Gasteiger partial charge in [0, 0.05) is 25.1 Å². The molecule has 2 atom stereocenters. The first-order valence-corrected chi connectivity index (χ1v) is 9.11. The van der Waals surface area contributed by atoms with Crippen molar-refractivity contribution < 1.29 is 24.2 Å². The van der Waals surface area contributed by atoms with Gasteiger partial charge in [0.1, 0.15) is 11.7 Å². The minimum absolute atomic E-state index is 0.0953. The topological polar surface area (TPSA) is 141 Å². The molecular formula is C17H21N5O7. The van der Waals surface area contributed by atoms with E-state index in [2.05, 4.69) is 5.10 Å². The van der Waals surface area contributed by atoms with Gasteiger partial charge >= 0.3 is 6.09 Å². The largest absolute Gasteiger partial charge is 0.444 e. The second-order valence-electron chi connectivity index (χ2n) is 6.92. The molecule has 29 heavy (non-hydrogen) atoms. The number of ether oxygens (including phenoxy) is 2. The molecule has 2 unspecified atom stereocenters. The van der Waals surface area contributed by atoms with E-state index in [-0.39, 0.29) is 42.4 Å². The van der Waals surface area contributed by atoms with Gasteiger partial charge in [0.15, 0.2) is 5.03 Å². The van der Waals surface area contributed by atoms with Gasteiger partial charge in [-0.1, -0.05) is 12.1 Å². The molecule has 2 fully saturated rings. The van der Waals surface area contributed by atoms with Crippen molar-refractivity contribution in [3.8, 4) is 0 Å². The van der Waals surface area contributed by atoms with E-state index in [1.54, 1.807) is 11.0 Å². The van der Waals surface area contributed by atoms with Crippen molar-refractivity contribution in [2.75, 3.05) is 26.2 Å². The van der Waals surface area contributed by atoms with Gasteiger partial charge in [0.2, 0.25) is 0 Å². The normalized spacial score (nSPS) is 22.9. The Kier molecular flexibility index (Phi) is 6.22. The second kappa shape index (κ2) is 8.82. The van der Waals surface area contributed by atoms with E-state index in [9.17, 15) is 25.0 Å². The Balaban J connectivity index is 1.67. The lowest BCUT2D eigenvalue weighted by atomic mass is 10.1. The lowest BCUT2D eigenvalue weighted by molar-refractivity contribution is -0.486. The van der Waals surface area contributed by atoms with Crippen LogP contribution in [0.15, 0.2) is 29.4 Å². The maximum Gasteiger partial charge on any atom is 0.417 e. The highest BCUT2D eigenvalue weighted by Gasteiger charge is 2.37. The van der Waals surface area contributed by atoms with Gasteiger partial charge in [0.25, 0.3) is 11.6 Å². The van der Waals surface area contributed by atoms with E-state index >= 15 is 0 Å². The number of guanidine groups is 1. The summed E-state index contributed by atoms with van der Waals surface area (Å²) < 4.78 is 10.7. The first kappa shape index (κ1) is 20.5. The molecule has 0 aromatic heterocycles. The summed E-state index contributed by atoms with van der Waals surface area (Å²) in [4.78, 5) is 36.7. The summed E-state index contributed by atoms with van der Waals surface area (Å²) in [5.41, 5.74) is 0.0599. The number of rotatable bonds is 6. The predicted octanol–water partition coefficient (Wildman–Crippen LogP) is 1.82. The minimum Gasteiger partial charge on any atom is -0.444 e. The van der Waals surface area contributed by atoms with Gasteiger partial charge < -0.3 is 14.4 Å². The fraction of sp³-hybridized carbons (Fsp3) is 0.529. The Morgan fingerprint density at radius 2 is 2.07 bits per heavy atom. The van der Waals surface area contributed by atoms with Gasteiger partial charge in [-0.15, -0.1) is 0 Å². The van der Waals surface area contributed by atoms with Gasteiger partial charge in [-0.3, -0.25) is 10.1 Å². The number of nitro groups is 2. The average Bonchev–Trinajstić information content (AvgIpc) is 3.26. The molecule has 2 saturated heterocycles. The third-order valence-electron chi connectivity index (χ3n) is 4.81. The molecule has 0 saturated carbocycles. The fourth-order valence-corrected chi connectivity index (χ4v) is 3.50. The van der Waals surface area contributed by atoms with Crippen molar-refractivity contribution in [2.45, 2.75) is 26.1 Å². The minimum atomic E-state index is -0.857. The van der Waals surface area contributed by atoms with Crippen molar-refractivity contribution in [1.82, 2.24) is 9.80 Å². The Labute approximate surface area is 166 Å². The van der Waals surface area contributed by atoms with Gasteiger partial charge in [-0.25, -0.2) is 19.8 Å². The van der Waals surface area contributed by atoms with Crippen LogP contribution in [0.25, 0.3) is 0 Å². The summed E-state index contributed by atoms with van der Waals surface area (Å²) in [6.07, 6.45) is 0.105. The number of amides is 1. The van der Waals surface area contributed by atoms with E-state index in [0.717, 1.165) is 11.3 Å². The molecular weight excluding hydrogens is 386 g/mol. The van der Waals surface area contributed by atoms with Crippen molar-refractivity contribution >= 4 is 17.7 Å². The highest BCUT2D eigenvalue weighted by atomic mass is 16.7. The van der Waals surface area contributed by atoms with Gasteiger partial charge in [0.05, 0.1) is 29.7 Å². The van der Waals surface area contributed by atoms with Crippen LogP contribution in [-0.2, 0) is 16.1 Å². The second-order valence-corrected chi connectivity index (χ2v) is 6.92. The Hall–Kier alpha value is -3.28. The zero-order valence-corrected chi connectivity index (χ0v) is 15.8. The molecule has 2 heterocycles. The summed E-state index contributed by atoms with van der Waals surface area (Å²) >= 11 is 0. The average molecular weight is 407 g/mol.